The van der Waals surface area contributed by atoms with E-state index in [9.17, 15) is 0 Å². The first-order chi connectivity index (χ1) is 10.2. The van der Waals surface area contributed by atoms with E-state index >= 15 is 0 Å². The summed E-state index contributed by atoms with van der Waals surface area (Å²) in [7, 11) is 0. The number of nitrogens with zero attached hydrogens (tertiary/aromatic N) is 1. The van der Waals surface area contributed by atoms with Crippen LogP contribution in [0.4, 0.5) is 5.69 Å². The molecule has 1 unspecified atom stereocenters. The molecule has 1 aliphatic rings. The minimum atomic E-state index is 0.355. The van der Waals surface area contributed by atoms with Crippen LogP contribution in [0, 0.1) is 0 Å². The summed E-state index contributed by atoms with van der Waals surface area (Å²) < 4.78 is 5.77. The van der Waals surface area contributed by atoms with E-state index in [1.807, 2.05) is 0 Å². The minimum Gasteiger partial charge on any atom is -0.377 e. The molecule has 21 heavy (non-hydrogen) atoms. The van der Waals surface area contributed by atoms with Crippen molar-refractivity contribution in [1.29, 1.82) is 0 Å². The van der Waals surface area contributed by atoms with E-state index in [-0.39, 0.29) is 0 Å². The van der Waals surface area contributed by atoms with Crippen LogP contribution in [0.3, 0.4) is 0 Å². The van der Waals surface area contributed by atoms with E-state index in [0.717, 1.165) is 50.7 Å². The Balaban J connectivity index is 1.98. The van der Waals surface area contributed by atoms with Crippen molar-refractivity contribution in [1.82, 2.24) is 5.32 Å². The molecule has 1 saturated heterocycles. The second-order valence-corrected chi connectivity index (χ2v) is 6.03. The number of benzene rings is 1. The molecule has 1 N–H and O–H groups in total. The van der Waals surface area contributed by atoms with Gasteiger partial charge < -0.3 is 15.0 Å². The average molecular weight is 311 g/mol. The molecule has 0 spiro atoms. The predicted molar refractivity (Wildman–Crippen MR) is 90.3 cm³/mol. The second kappa shape index (κ2) is 8.62. The Hall–Kier alpha value is -0.770. The van der Waals surface area contributed by atoms with Crippen LogP contribution >= 0.6 is 11.6 Å². The number of anilines is 1. The van der Waals surface area contributed by atoms with Crippen molar-refractivity contribution >= 4 is 17.3 Å². The molecular weight excluding hydrogens is 284 g/mol. The first kappa shape index (κ1) is 16.6. The largest absolute Gasteiger partial charge is 0.377 e. The zero-order valence-corrected chi connectivity index (χ0v) is 14.0. The van der Waals surface area contributed by atoms with Crippen molar-refractivity contribution in [2.24, 2.45) is 0 Å². The number of ether oxygens (including phenoxy) is 1. The fraction of sp³-hybridized carbons (Fsp3) is 0.647. The molecule has 0 amide bonds. The Morgan fingerprint density at radius 3 is 2.95 bits per heavy atom. The molecule has 1 aromatic rings. The molecular formula is C17H27ClN2O. The standard InChI is InChI=1S/C17H27ClN2O/c1-3-9-19-12-14-7-8-15(11-17(14)18)20-10-5-6-16(13-20)21-4-2/h7-8,11,16,19H,3-6,9-10,12-13H2,1-2H3. The highest BCUT2D eigenvalue weighted by atomic mass is 35.5. The molecule has 1 atom stereocenters. The Kier molecular flexibility index (Phi) is 6.81. The SMILES string of the molecule is CCCNCc1ccc(N2CCCC(OCC)C2)cc1Cl. The number of nitrogens with one attached hydrogen (secondary N) is 1. The van der Waals surface area contributed by atoms with Crippen molar-refractivity contribution in [3.8, 4) is 0 Å². The van der Waals surface area contributed by atoms with Gasteiger partial charge in [0.25, 0.3) is 0 Å². The maximum absolute atomic E-state index is 6.43. The Morgan fingerprint density at radius 1 is 1.38 bits per heavy atom. The van der Waals surface area contributed by atoms with E-state index in [4.69, 9.17) is 16.3 Å². The number of hydrogen-bond acceptors (Lipinski definition) is 3. The average Bonchev–Trinajstić information content (AvgIpc) is 2.50. The van der Waals surface area contributed by atoms with Gasteiger partial charge in [-0.2, -0.15) is 0 Å². The highest BCUT2D eigenvalue weighted by Crippen LogP contribution is 2.26. The quantitative estimate of drug-likeness (QED) is 0.774. The monoisotopic (exact) mass is 310 g/mol. The summed E-state index contributed by atoms with van der Waals surface area (Å²) in [5.41, 5.74) is 2.39. The molecule has 3 nitrogen and oxygen atoms in total. The summed E-state index contributed by atoms with van der Waals surface area (Å²) in [6, 6.07) is 6.42. The predicted octanol–water partition coefficient (Wildman–Crippen LogP) is 3.84. The number of halogens is 1. The molecule has 0 aliphatic carbocycles. The van der Waals surface area contributed by atoms with Gasteiger partial charge in [-0.05, 0) is 50.4 Å². The van der Waals surface area contributed by atoms with Gasteiger partial charge in [0.15, 0.2) is 0 Å². The second-order valence-electron chi connectivity index (χ2n) is 5.62. The molecule has 4 heteroatoms. The first-order valence-electron chi connectivity index (χ1n) is 8.10. The van der Waals surface area contributed by atoms with Gasteiger partial charge in [-0.1, -0.05) is 24.6 Å². The van der Waals surface area contributed by atoms with Crippen LogP contribution in [-0.2, 0) is 11.3 Å². The van der Waals surface area contributed by atoms with E-state index in [1.165, 1.54) is 17.7 Å². The highest BCUT2D eigenvalue weighted by molar-refractivity contribution is 6.31. The third-order valence-corrected chi connectivity index (χ3v) is 4.28. The Bertz CT molecular complexity index is 437. The Labute approximate surface area is 133 Å². The van der Waals surface area contributed by atoms with Crippen LogP contribution < -0.4 is 10.2 Å². The lowest BCUT2D eigenvalue weighted by Gasteiger charge is -2.34. The van der Waals surface area contributed by atoms with Crippen molar-refractivity contribution in [3.05, 3.63) is 28.8 Å². The fourth-order valence-corrected chi connectivity index (χ4v) is 3.06. The molecule has 1 aliphatic heterocycles. The molecule has 1 fully saturated rings. The van der Waals surface area contributed by atoms with E-state index in [1.54, 1.807) is 0 Å². The molecule has 118 valence electrons. The molecule has 1 heterocycles. The van der Waals surface area contributed by atoms with Gasteiger partial charge in [0.1, 0.15) is 0 Å². The van der Waals surface area contributed by atoms with Crippen molar-refractivity contribution in [2.75, 3.05) is 31.1 Å². The summed E-state index contributed by atoms with van der Waals surface area (Å²) in [4.78, 5) is 2.39. The number of piperidine rings is 1. The normalized spacial score (nSPS) is 19.0. The lowest BCUT2D eigenvalue weighted by Crippen LogP contribution is -2.39. The smallest absolute Gasteiger partial charge is 0.0750 e. The summed E-state index contributed by atoms with van der Waals surface area (Å²) in [6.07, 6.45) is 3.84. The van der Waals surface area contributed by atoms with Crippen LogP contribution in [0.5, 0.6) is 0 Å². The maximum atomic E-state index is 6.43. The van der Waals surface area contributed by atoms with Crippen LogP contribution in [0.15, 0.2) is 18.2 Å². The maximum Gasteiger partial charge on any atom is 0.0750 e. The van der Waals surface area contributed by atoms with Crippen molar-refractivity contribution < 1.29 is 4.74 Å². The lowest BCUT2D eigenvalue weighted by molar-refractivity contribution is 0.0527. The third-order valence-electron chi connectivity index (χ3n) is 3.92. The molecule has 0 radical (unpaired) electrons. The minimum absolute atomic E-state index is 0.355. The zero-order chi connectivity index (χ0) is 15.1. The first-order valence-corrected chi connectivity index (χ1v) is 8.48. The summed E-state index contributed by atoms with van der Waals surface area (Å²) >= 11 is 6.43. The van der Waals surface area contributed by atoms with Crippen LogP contribution in [0.2, 0.25) is 5.02 Å². The van der Waals surface area contributed by atoms with E-state index in [0.29, 0.717) is 6.10 Å². The van der Waals surface area contributed by atoms with Gasteiger partial charge in [0.2, 0.25) is 0 Å². The fourth-order valence-electron chi connectivity index (χ4n) is 2.82. The third kappa shape index (κ3) is 4.87. The van der Waals surface area contributed by atoms with Gasteiger partial charge in [-0.15, -0.1) is 0 Å². The number of rotatable bonds is 7. The molecule has 2 rings (SSSR count). The summed E-state index contributed by atoms with van der Waals surface area (Å²) in [5.74, 6) is 0. The van der Waals surface area contributed by atoms with Gasteiger partial charge in [-0.3, -0.25) is 0 Å². The van der Waals surface area contributed by atoms with E-state index < -0.39 is 0 Å². The number of hydrogen-bond donors (Lipinski definition) is 1. The topological polar surface area (TPSA) is 24.5 Å². The van der Waals surface area contributed by atoms with Gasteiger partial charge in [0, 0.05) is 37.0 Å². The highest BCUT2D eigenvalue weighted by Gasteiger charge is 2.20. The van der Waals surface area contributed by atoms with Crippen LogP contribution in [0.25, 0.3) is 0 Å². The Morgan fingerprint density at radius 2 is 2.24 bits per heavy atom. The van der Waals surface area contributed by atoms with Gasteiger partial charge >= 0.3 is 0 Å². The molecule has 0 bridgehead atoms. The zero-order valence-electron chi connectivity index (χ0n) is 13.2. The van der Waals surface area contributed by atoms with Crippen LogP contribution in [0.1, 0.15) is 38.7 Å². The lowest BCUT2D eigenvalue weighted by atomic mass is 10.1. The summed E-state index contributed by atoms with van der Waals surface area (Å²) in [5, 5.41) is 4.25. The van der Waals surface area contributed by atoms with Gasteiger partial charge in [-0.25, -0.2) is 0 Å². The van der Waals surface area contributed by atoms with Crippen LogP contribution in [-0.4, -0.2) is 32.3 Å². The summed E-state index contributed by atoms with van der Waals surface area (Å²) in [6.45, 7) is 8.96. The van der Waals surface area contributed by atoms with Crippen molar-refractivity contribution in [3.63, 3.8) is 0 Å². The molecule has 1 aromatic carbocycles. The van der Waals surface area contributed by atoms with Crippen molar-refractivity contribution in [2.45, 2.75) is 45.8 Å². The molecule has 0 saturated carbocycles. The molecule has 0 aromatic heterocycles. The van der Waals surface area contributed by atoms with E-state index in [2.05, 4.69) is 42.3 Å². The van der Waals surface area contributed by atoms with Gasteiger partial charge in [0.05, 0.1) is 6.10 Å².